The Morgan fingerprint density at radius 3 is 1.79 bits per heavy atom. The van der Waals surface area contributed by atoms with E-state index in [0.717, 1.165) is 0 Å². The molecule has 1 unspecified atom stereocenters. The van der Waals surface area contributed by atoms with E-state index >= 15 is 0 Å². The molecule has 1 aromatic carbocycles. The second-order valence-electron chi connectivity index (χ2n) is 5.60. The highest BCUT2D eigenvalue weighted by molar-refractivity contribution is 6.73. The van der Waals surface area contributed by atoms with Crippen molar-refractivity contribution in [3.63, 3.8) is 0 Å². The Morgan fingerprint density at radius 1 is 0.895 bits per heavy atom. The lowest BCUT2D eigenvalue weighted by Gasteiger charge is -2.34. The summed E-state index contributed by atoms with van der Waals surface area (Å²) in [6.07, 6.45) is 4.02. The van der Waals surface area contributed by atoms with E-state index < -0.39 is 8.32 Å². The third-order valence-electron chi connectivity index (χ3n) is 3.81. The van der Waals surface area contributed by atoms with E-state index in [1.807, 2.05) is 0 Å². The minimum Gasteiger partial charge on any atom is -0.410 e. The van der Waals surface area contributed by atoms with Crippen molar-refractivity contribution in [2.75, 3.05) is 0 Å². The van der Waals surface area contributed by atoms with E-state index in [9.17, 15) is 0 Å². The van der Waals surface area contributed by atoms with Crippen LogP contribution in [-0.2, 0) is 4.43 Å². The molecule has 0 fully saturated rings. The summed E-state index contributed by atoms with van der Waals surface area (Å²) in [6, 6.07) is 14.6. The summed E-state index contributed by atoms with van der Waals surface area (Å²) in [5.41, 5.74) is 1.32. The van der Waals surface area contributed by atoms with E-state index in [4.69, 9.17) is 4.43 Å². The van der Waals surface area contributed by atoms with Gasteiger partial charge in [0.25, 0.3) is 0 Å². The molecule has 108 valence electrons. The molecule has 0 aliphatic carbocycles. The van der Waals surface area contributed by atoms with Gasteiger partial charge in [0.15, 0.2) is 8.32 Å². The van der Waals surface area contributed by atoms with Crippen molar-refractivity contribution < 1.29 is 4.43 Å². The SMILES string of the molecule is CCC[Si](CCC)(CCC)OC(C)c1ccccc1. The van der Waals surface area contributed by atoms with Gasteiger partial charge in [0.1, 0.15) is 0 Å². The molecular formula is C17H30OSi. The molecule has 0 aromatic heterocycles. The Kier molecular flexibility index (Phi) is 7.40. The van der Waals surface area contributed by atoms with Crippen molar-refractivity contribution in [3.05, 3.63) is 35.9 Å². The number of hydrogen-bond donors (Lipinski definition) is 0. The highest BCUT2D eigenvalue weighted by atomic mass is 28.4. The third kappa shape index (κ3) is 5.11. The fraction of sp³-hybridized carbons (Fsp3) is 0.647. The van der Waals surface area contributed by atoms with E-state index in [1.165, 1.54) is 43.0 Å². The summed E-state index contributed by atoms with van der Waals surface area (Å²) in [6.45, 7) is 9.11. The molecule has 0 amide bonds. The number of hydrogen-bond acceptors (Lipinski definition) is 1. The van der Waals surface area contributed by atoms with Gasteiger partial charge in [-0.15, -0.1) is 0 Å². The van der Waals surface area contributed by atoms with Crippen molar-refractivity contribution in [1.29, 1.82) is 0 Å². The first kappa shape index (κ1) is 16.5. The van der Waals surface area contributed by atoms with Gasteiger partial charge in [0.2, 0.25) is 0 Å². The van der Waals surface area contributed by atoms with Gasteiger partial charge >= 0.3 is 0 Å². The van der Waals surface area contributed by atoms with Crippen molar-refractivity contribution in [2.45, 2.75) is 71.2 Å². The Bertz CT molecular complexity index is 319. The molecule has 0 heterocycles. The highest BCUT2D eigenvalue weighted by Crippen LogP contribution is 2.32. The van der Waals surface area contributed by atoms with Gasteiger partial charge in [0.05, 0.1) is 6.10 Å². The van der Waals surface area contributed by atoms with Crippen LogP contribution in [0.15, 0.2) is 30.3 Å². The summed E-state index contributed by atoms with van der Waals surface area (Å²) in [5.74, 6) is 0. The molecule has 0 aliphatic rings. The molecule has 0 N–H and O–H groups in total. The van der Waals surface area contributed by atoms with Gasteiger partial charge in [-0.2, -0.15) is 0 Å². The summed E-state index contributed by atoms with van der Waals surface area (Å²) in [7, 11) is -1.54. The molecular weight excluding hydrogens is 248 g/mol. The summed E-state index contributed by atoms with van der Waals surface area (Å²) >= 11 is 0. The van der Waals surface area contributed by atoms with E-state index in [2.05, 4.69) is 58.0 Å². The average molecular weight is 279 g/mol. The van der Waals surface area contributed by atoms with Crippen LogP contribution in [-0.4, -0.2) is 8.32 Å². The van der Waals surface area contributed by atoms with Crippen molar-refractivity contribution in [3.8, 4) is 0 Å². The van der Waals surface area contributed by atoms with Gasteiger partial charge in [-0.25, -0.2) is 0 Å². The molecule has 19 heavy (non-hydrogen) atoms. The minimum absolute atomic E-state index is 0.248. The average Bonchev–Trinajstić information content (AvgIpc) is 2.40. The van der Waals surface area contributed by atoms with Crippen LogP contribution in [0, 0.1) is 0 Å². The van der Waals surface area contributed by atoms with Crippen LogP contribution < -0.4 is 0 Å². The van der Waals surface area contributed by atoms with Gasteiger partial charge in [-0.05, 0) is 30.6 Å². The molecule has 1 atom stereocenters. The molecule has 1 aromatic rings. The Morgan fingerprint density at radius 2 is 1.37 bits per heavy atom. The zero-order valence-electron chi connectivity index (χ0n) is 13.1. The van der Waals surface area contributed by atoms with E-state index in [0.29, 0.717) is 0 Å². The smallest absolute Gasteiger partial charge is 0.193 e. The molecule has 1 nitrogen and oxygen atoms in total. The van der Waals surface area contributed by atoms with E-state index in [-0.39, 0.29) is 6.10 Å². The zero-order valence-corrected chi connectivity index (χ0v) is 14.1. The maximum absolute atomic E-state index is 6.68. The zero-order chi connectivity index (χ0) is 14.1. The maximum Gasteiger partial charge on any atom is 0.193 e. The monoisotopic (exact) mass is 278 g/mol. The summed E-state index contributed by atoms with van der Waals surface area (Å²) < 4.78 is 6.68. The first-order valence-corrected chi connectivity index (χ1v) is 10.4. The molecule has 0 aliphatic heterocycles. The van der Waals surface area contributed by atoms with Crippen LogP contribution in [0.25, 0.3) is 0 Å². The highest BCUT2D eigenvalue weighted by Gasteiger charge is 2.34. The van der Waals surface area contributed by atoms with Gasteiger partial charge < -0.3 is 4.43 Å². The Hall–Kier alpha value is -0.603. The predicted molar refractivity (Wildman–Crippen MR) is 87.0 cm³/mol. The Labute approximate surface area is 120 Å². The normalized spacial score (nSPS) is 13.5. The van der Waals surface area contributed by atoms with Crippen LogP contribution in [0.4, 0.5) is 0 Å². The van der Waals surface area contributed by atoms with Crippen LogP contribution in [0.2, 0.25) is 18.1 Å². The van der Waals surface area contributed by atoms with Gasteiger partial charge in [-0.1, -0.05) is 70.4 Å². The number of rotatable bonds is 9. The topological polar surface area (TPSA) is 9.23 Å². The van der Waals surface area contributed by atoms with Crippen molar-refractivity contribution in [2.24, 2.45) is 0 Å². The van der Waals surface area contributed by atoms with Crippen LogP contribution in [0.1, 0.15) is 58.6 Å². The first-order chi connectivity index (χ1) is 9.17. The maximum atomic E-state index is 6.68. The molecule has 2 heteroatoms. The standard InChI is InChI=1S/C17H30OSi/c1-5-13-19(14-6-2,15-7-3)18-16(4)17-11-9-8-10-12-17/h8-12,16H,5-7,13-15H2,1-4H3. The van der Waals surface area contributed by atoms with Crippen molar-refractivity contribution in [1.82, 2.24) is 0 Å². The largest absolute Gasteiger partial charge is 0.410 e. The molecule has 0 saturated carbocycles. The lowest BCUT2D eigenvalue weighted by Crippen LogP contribution is -2.38. The lowest BCUT2D eigenvalue weighted by molar-refractivity contribution is 0.207. The first-order valence-electron chi connectivity index (χ1n) is 7.90. The fourth-order valence-corrected chi connectivity index (χ4v) is 7.81. The third-order valence-corrected chi connectivity index (χ3v) is 8.90. The minimum atomic E-state index is -1.54. The van der Waals surface area contributed by atoms with Crippen LogP contribution in [0.5, 0.6) is 0 Å². The van der Waals surface area contributed by atoms with Crippen LogP contribution >= 0.6 is 0 Å². The van der Waals surface area contributed by atoms with E-state index in [1.54, 1.807) is 0 Å². The predicted octanol–water partition coefficient (Wildman–Crippen LogP) is 5.94. The van der Waals surface area contributed by atoms with Crippen LogP contribution in [0.3, 0.4) is 0 Å². The quantitative estimate of drug-likeness (QED) is 0.508. The van der Waals surface area contributed by atoms with Gasteiger partial charge in [-0.3, -0.25) is 0 Å². The molecule has 0 bridgehead atoms. The molecule has 0 radical (unpaired) electrons. The molecule has 0 saturated heterocycles. The van der Waals surface area contributed by atoms with Crippen molar-refractivity contribution >= 4 is 8.32 Å². The second-order valence-corrected chi connectivity index (χ2v) is 9.71. The Balaban J connectivity index is 2.80. The summed E-state index contributed by atoms with van der Waals surface area (Å²) in [5, 5.41) is 0. The van der Waals surface area contributed by atoms with Gasteiger partial charge in [0, 0.05) is 0 Å². The number of benzene rings is 1. The fourth-order valence-electron chi connectivity index (χ4n) is 3.09. The summed E-state index contributed by atoms with van der Waals surface area (Å²) in [4.78, 5) is 0. The molecule has 1 rings (SSSR count). The molecule has 0 spiro atoms. The lowest BCUT2D eigenvalue weighted by atomic mass is 10.1. The second kappa shape index (κ2) is 8.54.